The summed E-state index contributed by atoms with van der Waals surface area (Å²) in [6, 6.07) is 15.2. The van der Waals surface area contributed by atoms with Crippen LogP contribution < -0.4 is 4.90 Å². The van der Waals surface area contributed by atoms with Crippen molar-refractivity contribution in [2.24, 2.45) is 5.92 Å². The molecule has 0 fully saturated rings. The number of carboxylic acid groups (broad SMARTS) is 1. The first-order valence-corrected chi connectivity index (χ1v) is 10.5. The third-order valence-corrected chi connectivity index (χ3v) is 5.40. The van der Waals surface area contributed by atoms with E-state index >= 15 is 0 Å². The standard InChI is InChI=1S/C26H27N3O3/c1-18-7-4-8-19(2)24(18)23(30)17-21(25(31)32)10-5-9-20-11-13-22(14-12-20)29(3)26-27-15-6-16-28-26/h4-9,11-16,21H,10,17H2,1-3H3,(H,31,32)/b9-5+. The molecule has 0 spiro atoms. The van der Waals surface area contributed by atoms with Gasteiger partial charge in [-0.05, 0) is 55.2 Å². The molecule has 0 aliphatic rings. The number of aromatic nitrogens is 2. The van der Waals surface area contributed by atoms with Gasteiger partial charge in [0.1, 0.15) is 0 Å². The van der Waals surface area contributed by atoms with E-state index in [1.807, 2.05) is 80.4 Å². The second-order valence-electron chi connectivity index (χ2n) is 7.77. The average molecular weight is 430 g/mol. The van der Waals surface area contributed by atoms with Gasteiger partial charge in [0, 0.05) is 37.1 Å². The van der Waals surface area contributed by atoms with Gasteiger partial charge in [0.15, 0.2) is 5.78 Å². The van der Waals surface area contributed by atoms with Gasteiger partial charge in [-0.2, -0.15) is 0 Å². The molecule has 6 nitrogen and oxygen atoms in total. The number of aliphatic carboxylic acids is 1. The van der Waals surface area contributed by atoms with Crippen molar-refractivity contribution in [3.05, 3.63) is 89.3 Å². The van der Waals surface area contributed by atoms with Crippen molar-refractivity contribution in [2.45, 2.75) is 26.7 Å². The number of carboxylic acids is 1. The fraction of sp³-hybridized carbons (Fsp3) is 0.231. The summed E-state index contributed by atoms with van der Waals surface area (Å²) >= 11 is 0. The number of ketones is 1. The van der Waals surface area contributed by atoms with Crippen LogP contribution in [0.2, 0.25) is 0 Å². The van der Waals surface area contributed by atoms with Crippen LogP contribution in [0.1, 0.15) is 39.9 Å². The molecule has 3 aromatic rings. The molecule has 0 radical (unpaired) electrons. The van der Waals surface area contributed by atoms with E-state index in [-0.39, 0.29) is 18.6 Å². The van der Waals surface area contributed by atoms with Crippen molar-refractivity contribution in [1.29, 1.82) is 0 Å². The van der Waals surface area contributed by atoms with E-state index in [1.54, 1.807) is 18.5 Å². The molecule has 1 N–H and O–H groups in total. The third kappa shape index (κ3) is 5.66. The van der Waals surface area contributed by atoms with Crippen molar-refractivity contribution in [2.75, 3.05) is 11.9 Å². The van der Waals surface area contributed by atoms with Crippen LogP contribution in [0, 0.1) is 19.8 Å². The van der Waals surface area contributed by atoms with E-state index in [9.17, 15) is 14.7 Å². The molecule has 0 bridgehead atoms. The summed E-state index contributed by atoms with van der Waals surface area (Å²) in [5.74, 6) is -1.25. The first-order chi connectivity index (χ1) is 15.4. The van der Waals surface area contributed by atoms with Gasteiger partial charge in [-0.15, -0.1) is 0 Å². The van der Waals surface area contributed by atoms with E-state index in [4.69, 9.17) is 0 Å². The molecule has 164 valence electrons. The van der Waals surface area contributed by atoms with Gasteiger partial charge >= 0.3 is 5.97 Å². The number of nitrogens with zero attached hydrogens (tertiary/aromatic N) is 3. The Morgan fingerprint density at radius 3 is 2.22 bits per heavy atom. The third-order valence-electron chi connectivity index (χ3n) is 5.40. The van der Waals surface area contributed by atoms with E-state index in [0.29, 0.717) is 11.5 Å². The zero-order valence-corrected chi connectivity index (χ0v) is 18.5. The Balaban J connectivity index is 1.64. The van der Waals surface area contributed by atoms with Crippen LogP contribution in [-0.2, 0) is 4.79 Å². The smallest absolute Gasteiger partial charge is 0.307 e. The normalized spacial score (nSPS) is 12.0. The van der Waals surface area contributed by atoms with Gasteiger partial charge in [0.2, 0.25) is 5.95 Å². The highest BCUT2D eigenvalue weighted by molar-refractivity contribution is 6.00. The Morgan fingerprint density at radius 1 is 1.00 bits per heavy atom. The molecule has 1 unspecified atom stereocenters. The summed E-state index contributed by atoms with van der Waals surface area (Å²) in [6.45, 7) is 3.75. The Kier molecular flexibility index (Phi) is 7.49. The molecule has 3 rings (SSSR count). The predicted molar refractivity (Wildman–Crippen MR) is 126 cm³/mol. The second-order valence-corrected chi connectivity index (χ2v) is 7.77. The molecular weight excluding hydrogens is 402 g/mol. The lowest BCUT2D eigenvalue weighted by atomic mass is 9.91. The fourth-order valence-corrected chi connectivity index (χ4v) is 3.61. The minimum atomic E-state index is -0.964. The first-order valence-electron chi connectivity index (χ1n) is 10.5. The number of carbonyl (C=O) groups excluding carboxylic acids is 1. The highest BCUT2D eigenvalue weighted by atomic mass is 16.4. The number of anilines is 2. The maximum atomic E-state index is 12.8. The maximum Gasteiger partial charge on any atom is 0.307 e. The lowest BCUT2D eigenvalue weighted by Crippen LogP contribution is -2.18. The summed E-state index contributed by atoms with van der Waals surface area (Å²) in [5, 5.41) is 9.61. The average Bonchev–Trinajstić information content (AvgIpc) is 2.78. The van der Waals surface area contributed by atoms with Gasteiger partial charge < -0.3 is 10.0 Å². The Labute approximate surface area is 188 Å². The molecule has 0 aliphatic carbocycles. The largest absolute Gasteiger partial charge is 0.481 e. The number of allylic oxidation sites excluding steroid dienone is 1. The summed E-state index contributed by atoms with van der Waals surface area (Å²) in [6.07, 6.45) is 7.34. The number of Topliss-reactive ketones (excluding diaryl/α,β-unsaturated/α-hetero) is 1. The fourth-order valence-electron chi connectivity index (χ4n) is 3.61. The van der Waals surface area contributed by atoms with Gasteiger partial charge in [-0.3, -0.25) is 9.59 Å². The predicted octanol–water partition coefficient (Wildman–Crippen LogP) is 5.24. The Morgan fingerprint density at radius 2 is 1.62 bits per heavy atom. The molecule has 6 heteroatoms. The van der Waals surface area contributed by atoms with Crippen LogP contribution in [0.25, 0.3) is 6.08 Å². The van der Waals surface area contributed by atoms with Crippen molar-refractivity contribution in [3.8, 4) is 0 Å². The monoisotopic (exact) mass is 429 g/mol. The second kappa shape index (κ2) is 10.5. The summed E-state index contributed by atoms with van der Waals surface area (Å²) in [5.41, 5.74) is 4.27. The minimum absolute atomic E-state index is 0.0217. The van der Waals surface area contributed by atoms with Gasteiger partial charge in [-0.25, -0.2) is 9.97 Å². The molecule has 0 amide bonds. The Hall–Kier alpha value is -3.80. The van der Waals surface area contributed by atoms with Gasteiger partial charge in [0.05, 0.1) is 5.92 Å². The van der Waals surface area contributed by atoms with Crippen LogP contribution in [0.15, 0.2) is 67.0 Å². The van der Waals surface area contributed by atoms with Gasteiger partial charge in [-0.1, -0.05) is 42.5 Å². The van der Waals surface area contributed by atoms with Crippen LogP contribution in [0.3, 0.4) is 0 Å². The quantitative estimate of drug-likeness (QED) is 0.469. The summed E-state index contributed by atoms with van der Waals surface area (Å²) < 4.78 is 0. The van der Waals surface area contributed by atoms with Crippen molar-refractivity contribution >= 4 is 29.5 Å². The van der Waals surface area contributed by atoms with E-state index in [1.165, 1.54) is 0 Å². The molecule has 2 aromatic carbocycles. The van der Waals surface area contributed by atoms with Gasteiger partial charge in [0.25, 0.3) is 0 Å². The summed E-state index contributed by atoms with van der Waals surface area (Å²) in [4.78, 5) is 34.8. The highest BCUT2D eigenvalue weighted by Crippen LogP contribution is 2.22. The van der Waals surface area contributed by atoms with E-state index < -0.39 is 11.9 Å². The zero-order chi connectivity index (χ0) is 23.1. The zero-order valence-electron chi connectivity index (χ0n) is 18.5. The number of aryl methyl sites for hydroxylation is 2. The molecule has 0 aliphatic heterocycles. The van der Waals surface area contributed by atoms with Crippen molar-refractivity contribution in [3.63, 3.8) is 0 Å². The van der Waals surface area contributed by atoms with Crippen LogP contribution in [0.5, 0.6) is 0 Å². The van der Waals surface area contributed by atoms with Crippen molar-refractivity contribution < 1.29 is 14.7 Å². The maximum absolute atomic E-state index is 12.8. The summed E-state index contributed by atoms with van der Waals surface area (Å²) in [7, 11) is 1.89. The molecule has 0 saturated carbocycles. The molecule has 1 heterocycles. The number of hydrogen-bond donors (Lipinski definition) is 1. The van der Waals surface area contributed by atoms with Crippen LogP contribution in [0.4, 0.5) is 11.6 Å². The number of carbonyl (C=O) groups is 2. The topological polar surface area (TPSA) is 83.4 Å². The molecular formula is C26H27N3O3. The highest BCUT2D eigenvalue weighted by Gasteiger charge is 2.22. The molecule has 0 saturated heterocycles. The number of rotatable bonds is 9. The molecule has 32 heavy (non-hydrogen) atoms. The SMILES string of the molecule is Cc1cccc(C)c1C(=O)CC(C/C=C/c1ccc(N(C)c2ncccn2)cc1)C(=O)O. The minimum Gasteiger partial charge on any atom is -0.481 e. The van der Waals surface area contributed by atoms with Crippen molar-refractivity contribution in [1.82, 2.24) is 9.97 Å². The number of hydrogen-bond acceptors (Lipinski definition) is 5. The van der Waals surface area contributed by atoms with Crippen LogP contribution >= 0.6 is 0 Å². The van der Waals surface area contributed by atoms with E-state index in [2.05, 4.69) is 9.97 Å². The van der Waals surface area contributed by atoms with Crippen LogP contribution in [-0.4, -0.2) is 33.9 Å². The lowest BCUT2D eigenvalue weighted by molar-refractivity contribution is -0.141. The number of benzene rings is 2. The Bertz CT molecular complexity index is 1090. The molecule has 1 aromatic heterocycles. The molecule has 1 atom stereocenters. The lowest BCUT2D eigenvalue weighted by Gasteiger charge is -2.16. The van der Waals surface area contributed by atoms with E-state index in [0.717, 1.165) is 22.4 Å². The first kappa shape index (κ1) is 22.9.